The summed E-state index contributed by atoms with van der Waals surface area (Å²) in [5.41, 5.74) is 1.82. The molecule has 0 amide bonds. The van der Waals surface area contributed by atoms with Crippen LogP contribution in [0.5, 0.6) is 0 Å². The highest BCUT2D eigenvalue weighted by atomic mass is 79.9. The lowest BCUT2D eigenvalue weighted by Crippen LogP contribution is -2.19. The van der Waals surface area contributed by atoms with Crippen LogP contribution in [-0.2, 0) is 17.8 Å². The Kier molecular flexibility index (Phi) is 5.70. The van der Waals surface area contributed by atoms with Crippen molar-refractivity contribution < 1.29 is 9.13 Å². The van der Waals surface area contributed by atoms with Crippen molar-refractivity contribution in [2.24, 2.45) is 0 Å². The van der Waals surface area contributed by atoms with Gasteiger partial charge in [0, 0.05) is 26.4 Å². The monoisotopic (exact) mass is 341 g/mol. The molecule has 0 unspecified atom stereocenters. The maximum Gasteiger partial charge on any atom is 0.137 e. The number of aromatic nitrogens is 2. The lowest BCUT2D eigenvalue weighted by molar-refractivity contribution is 0.199. The Morgan fingerprint density at radius 2 is 2.25 bits per heavy atom. The summed E-state index contributed by atoms with van der Waals surface area (Å²) >= 11 is 3.26. The maximum absolute atomic E-state index is 13.4. The van der Waals surface area contributed by atoms with E-state index in [0.29, 0.717) is 24.2 Å². The second-order valence-corrected chi connectivity index (χ2v) is 5.18. The van der Waals surface area contributed by atoms with Crippen molar-refractivity contribution in [2.45, 2.75) is 13.1 Å². The van der Waals surface area contributed by atoms with Gasteiger partial charge in [-0.15, -0.1) is 0 Å². The van der Waals surface area contributed by atoms with Gasteiger partial charge in [-0.25, -0.2) is 4.39 Å². The molecule has 1 aromatic heterocycles. The summed E-state index contributed by atoms with van der Waals surface area (Å²) in [4.78, 5) is 0. The number of hydrogen-bond acceptors (Lipinski definition) is 3. The minimum Gasteiger partial charge on any atom is -0.383 e. The van der Waals surface area contributed by atoms with Crippen molar-refractivity contribution in [3.8, 4) is 0 Å². The number of halogens is 2. The molecule has 2 rings (SSSR count). The first kappa shape index (κ1) is 15.2. The normalized spacial score (nSPS) is 10.9. The van der Waals surface area contributed by atoms with Gasteiger partial charge < -0.3 is 10.1 Å². The second-order valence-electron chi connectivity index (χ2n) is 4.39. The van der Waals surface area contributed by atoms with Gasteiger partial charge in [-0.1, -0.05) is 12.1 Å². The van der Waals surface area contributed by atoms with Crippen molar-refractivity contribution in [2.75, 3.05) is 20.3 Å². The first-order valence-corrected chi connectivity index (χ1v) is 7.15. The number of rotatable bonds is 7. The lowest BCUT2D eigenvalue weighted by Gasteiger charge is -2.05. The zero-order valence-electron chi connectivity index (χ0n) is 11.3. The minimum atomic E-state index is -0.254. The average Bonchev–Trinajstić information content (AvgIpc) is 2.88. The Morgan fingerprint density at radius 3 is 3.05 bits per heavy atom. The molecule has 108 valence electrons. The Bertz CT molecular complexity index is 559. The number of nitrogens with one attached hydrogen (secondary N) is 1. The van der Waals surface area contributed by atoms with Gasteiger partial charge in [0.1, 0.15) is 5.82 Å². The molecule has 0 aliphatic heterocycles. The largest absolute Gasteiger partial charge is 0.383 e. The highest BCUT2D eigenvalue weighted by Crippen LogP contribution is 2.21. The zero-order chi connectivity index (χ0) is 14.4. The molecule has 0 saturated heterocycles. The summed E-state index contributed by atoms with van der Waals surface area (Å²) in [6, 6.07) is 6.96. The van der Waals surface area contributed by atoms with Crippen LogP contribution in [-0.4, -0.2) is 30.0 Å². The maximum atomic E-state index is 13.4. The highest BCUT2D eigenvalue weighted by molar-refractivity contribution is 9.10. The molecule has 0 fully saturated rings. The highest BCUT2D eigenvalue weighted by Gasteiger charge is 2.06. The number of methoxy groups -OCH3 is 1. The summed E-state index contributed by atoms with van der Waals surface area (Å²) in [6.45, 7) is 2.70. The Balaban J connectivity index is 1.94. The van der Waals surface area contributed by atoms with Crippen molar-refractivity contribution in [3.63, 3.8) is 0 Å². The van der Waals surface area contributed by atoms with Gasteiger partial charge in [-0.3, -0.25) is 4.68 Å². The third-order valence-corrected chi connectivity index (χ3v) is 3.74. The van der Waals surface area contributed by atoms with Crippen LogP contribution in [0.1, 0.15) is 11.3 Å². The standard InChI is InChI=1S/C14H17BrFN3O/c1-20-8-6-17-9-12-5-7-19(18-12)10-11-3-2-4-13(16)14(11)15/h2-5,7,17H,6,8-10H2,1H3. The molecule has 0 saturated carbocycles. The van der Waals surface area contributed by atoms with E-state index in [9.17, 15) is 4.39 Å². The molecule has 0 spiro atoms. The number of nitrogens with zero attached hydrogens (tertiary/aromatic N) is 2. The van der Waals surface area contributed by atoms with Gasteiger partial charge in [0.05, 0.1) is 23.3 Å². The molecule has 20 heavy (non-hydrogen) atoms. The predicted molar refractivity (Wildman–Crippen MR) is 79.0 cm³/mol. The van der Waals surface area contributed by atoms with E-state index in [2.05, 4.69) is 26.3 Å². The van der Waals surface area contributed by atoms with Crippen molar-refractivity contribution in [1.82, 2.24) is 15.1 Å². The van der Waals surface area contributed by atoms with Crippen LogP contribution < -0.4 is 5.32 Å². The van der Waals surface area contributed by atoms with Gasteiger partial charge in [0.25, 0.3) is 0 Å². The van der Waals surface area contributed by atoms with Crippen LogP contribution in [0.4, 0.5) is 4.39 Å². The van der Waals surface area contributed by atoms with Gasteiger partial charge in [0.2, 0.25) is 0 Å². The van der Waals surface area contributed by atoms with E-state index < -0.39 is 0 Å². The fourth-order valence-electron chi connectivity index (χ4n) is 1.82. The average molecular weight is 342 g/mol. The van der Waals surface area contributed by atoms with Crippen LogP contribution >= 0.6 is 15.9 Å². The summed E-state index contributed by atoms with van der Waals surface area (Å²) in [6.07, 6.45) is 1.89. The van der Waals surface area contributed by atoms with Crippen LogP contribution in [0, 0.1) is 5.82 Å². The molecule has 0 atom stereocenters. The van der Waals surface area contributed by atoms with Crippen LogP contribution in [0.15, 0.2) is 34.9 Å². The van der Waals surface area contributed by atoms with Crippen LogP contribution in [0.2, 0.25) is 0 Å². The van der Waals surface area contributed by atoms with E-state index >= 15 is 0 Å². The fourth-order valence-corrected chi connectivity index (χ4v) is 2.21. The topological polar surface area (TPSA) is 39.1 Å². The summed E-state index contributed by atoms with van der Waals surface area (Å²) < 4.78 is 20.7. The Hall–Kier alpha value is -1.24. The number of benzene rings is 1. The van der Waals surface area contributed by atoms with Crippen molar-refractivity contribution >= 4 is 15.9 Å². The van der Waals surface area contributed by atoms with E-state index in [1.807, 2.05) is 18.3 Å². The van der Waals surface area contributed by atoms with Gasteiger partial charge >= 0.3 is 0 Å². The SMILES string of the molecule is COCCNCc1ccn(Cc2cccc(F)c2Br)n1. The molecule has 0 aliphatic rings. The molecule has 4 nitrogen and oxygen atoms in total. The molecule has 1 heterocycles. The molecule has 0 aliphatic carbocycles. The van der Waals surface area contributed by atoms with Crippen molar-refractivity contribution in [1.29, 1.82) is 0 Å². The smallest absolute Gasteiger partial charge is 0.137 e. The van der Waals surface area contributed by atoms with Crippen molar-refractivity contribution in [3.05, 3.63) is 52.0 Å². The molecule has 6 heteroatoms. The second kappa shape index (κ2) is 7.52. The van der Waals surface area contributed by atoms with Gasteiger partial charge in [-0.05, 0) is 33.6 Å². The Labute approximate surface area is 126 Å². The molecule has 1 aromatic carbocycles. The van der Waals surface area contributed by atoms with Gasteiger partial charge in [-0.2, -0.15) is 5.10 Å². The van der Waals surface area contributed by atoms with E-state index in [1.54, 1.807) is 17.9 Å². The summed E-state index contributed by atoms with van der Waals surface area (Å²) in [5, 5.41) is 7.67. The fraction of sp³-hybridized carbons (Fsp3) is 0.357. The molecule has 1 N–H and O–H groups in total. The first-order valence-electron chi connectivity index (χ1n) is 6.35. The molecule has 0 radical (unpaired) electrons. The summed E-state index contributed by atoms with van der Waals surface area (Å²) in [5.74, 6) is -0.254. The number of ether oxygens (including phenoxy) is 1. The summed E-state index contributed by atoms with van der Waals surface area (Å²) in [7, 11) is 1.67. The quantitative estimate of drug-likeness (QED) is 0.786. The lowest BCUT2D eigenvalue weighted by atomic mass is 10.2. The first-order chi connectivity index (χ1) is 9.70. The van der Waals surface area contributed by atoms with Crippen LogP contribution in [0.25, 0.3) is 0 Å². The van der Waals surface area contributed by atoms with E-state index in [-0.39, 0.29) is 5.82 Å². The molecular weight excluding hydrogens is 325 g/mol. The van der Waals surface area contributed by atoms with E-state index in [0.717, 1.165) is 17.8 Å². The van der Waals surface area contributed by atoms with Gasteiger partial charge in [0.15, 0.2) is 0 Å². The third-order valence-electron chi connectivity index (χ3n) is 2.85. The number of hydrogen-bond donors (Lipinski definition) is 1. The van der Waals surface area contributed by atoms with E-state index in [1.165, 1.54) is 6.07 Å². The molecular formula is C14H17BrFN3O. The minimum absolute atomic E-state index is 0.254. The predicted octanol–water partition coefficient (Wildman–Crippen LogP) is 2.57. The molecule has 2 aromatic rings. The van der Waals surface area contributed by atoms with Crippen LogP contribution in [0.3, 0.4) is 0 Å². The zero-order valence-corrected chi connectivity index (χ0v) is 12.9. The van der Waals surface area contributed by atoms with E-state index in [4.69, 9.17) is 4.74 Å². The Morgan fingerprint density at radius 1 is 1.40 bits per heavy atom. The third kappa shape index (κ3) is 4.13. The molecule has 0 bridgehead atoms.